The third kappa shape index (κ3) is 4.82. The van der Waals surface area contributed by atoms with Gasteiger partial charge in [-0.1, -0.05) is 69.3 Å². The molecule has 0 amide bonds. The van der Waals surface area contributed by atoms with Gasteiger partial charge in [0.05, 0.1) is 22.4 Å². The predicted molar refractivity (Wildman–Crippen MR) is 176 cm³/mol. The van der Waals surface area contributed by atoms with Gasteiger partial charge >= 0.3 is 0 Å². The SMILES string of the molecule is Cc1nn(-c2cc(Oc3ccc4c5ccccc5n(-c5cc(F)ccn5)c4c3)cc(C(C)(C)C)c2)c(C)c1-c1ccccc1. The van der Waals surface area contributed by atoms with Crippen LogP contribution in [0.1, 0.15) is 37.7 Å². The van der Waals surface area contributed by atoms with Crippen molar-refractivity contribution < 1.29 is 9.13 Å². The molecule has 0 saturated heterocycles. The Labute approximate surface area is 256 Å². The Morgan fingerprint density at radius 2 is 1.48 bits per heavy atom. The number of benzene rings is 4. The van der Waals surface area contributed by atoms with E-state index in [4.69, 9.17) is 9.84 Å². The van der Waals surface area contributed by atoms with Crippen LogP contribution in [0.25, 0.3) is 44.4 Å². The molecule has 0 N–H and O–H groups in total. The highest BCUT2D eigenvalue weighted by Gasteiger charge is 2.21. The summed E-state index contributed by atoms with van der Waals surface area (Å²) in [5.41, 5.74) is 8.13. The Hall–Kier alpha value is -5.23. The van der Waals surface area contributed by atoms with Crippen molar-refractivity contribution in [3.63, 3.8) is 0 Å². The lowest BCUT2D eigenvalue weighted by Gasteiger charge is -2.22. The normalized spacial score (nSPS) is 11.9. The van der Waals surface area contributed by atoms with E-state index in [9.17, 15) is 4.39 Å². The molecule has 3 heterocycles. The van der Waals surface area contributed by atoms with Crippen LogP contribution in [0.2, 0.25) is 0 Å². The number of pyridine rings is 1. The average Bonchev–Trinajstić information content (AvgIpc) is 3.49. The molecule has 7 aromatic rings. The van der Waals surface area contributed by atoms with Crippen molar-refractivity contribution >= 4 is 21.8 Å². The molecule has 0 aliphatic heterocycles. The van der Waals surface area contributed by atoms with Gasteiger partial charge in [0.15, 0.2) is 0 Å². The molecule has 0 aliphatic rings. The van der Waals surface area contributed by atoms with Gasteiger partial charge < -0.3 is 4.74 Å². The number of hydrogen-bond donors (Lipinski definition) is 0. The van der Waals surface area contributed by atoms with Crippen molar-refractivity contribution in [3.05, 3.63) is 132 Å². The molecule has 218 valence electrons. The summed E-state index contributed by atoms with van der Waals surface area (Å²) < 4.78 is 24.9. The summed E-state index contributed by atoms with van der Waals surface area (Å²) in [5, 5.41) is 7.07. The standard InChI is InChI=1S/C38H33FN4O/c1-24-37(26-11-7-6-8-12-26)25(2)43(41-24)29-19-27(38(3,4)5)20-31(22-29)44-30-15-16-33-32-13-9-10-14-34(32)42(35(33)23-30)36-21-28(39)17-18-40-36/h6-23H,1-5H3. The Balaban J connectivity index is 1.35. The smallest absolute Gasteiger partial charge is 0.140 e. The summed E-state index contributed by atoms with van der Waals surface area (Å²) in [6.07, 6.45) is 1.49. The maximum Gasteiger partial charge on any atom is 0.140 e. The fraction of sp³-hybridized carbons (Fsp3) is 0.158. The minimum Gasteiger partial charge on any atom is -0.457 e. The highest BCUT2D eigenvalue weighted by atomic mass is 19.1. The summed E-state index contributed by atoms with van der Waals surface area (Å²) >= 11 is 0. The van der Waals surface area contributed by atoms with E-state index in [0.717, 1.165) is 55.6 Å². The predicted octanol–water partition coefficient (Wildman–Crippen LogP) is 9.88. The number of hydrogen-bond acceptors (Lipinski definition) is 3. The lowest BCUT2D eigenvalue weighted by Crippen LogP contribution is -2.12. The number of halogens is 1. The summed E-state index contributed by atoms with van der Waals surface area (Å²) in [5.74, 6) is 1.57. The third-order valence-corrected chi connectivity index (χ3v) is 8.17. The molecule has 0 unspecified atom stereocenters. The second kappa shape index (κ2) is 10.5. The highest BCUT2D eigenvalue weighted by molar-refractivity contribution is 6.09. The fourth-order valence-electron chi connectivity index (χ4n) is 6.03. The molecule has 0 fully saturated rings. The van der Waals surface area contributed by atoms with Gasteiger partial charge in [0.25, 0.3) is 0 Å². The van der Waals surface area contributed by atoms with E-state index in [1.165, 1.54) is 18.3 Å². The molecule has 6 heteroatoms. The number of aryl methyl sites for hydroxylation is 1. The number of rotatable bonds is 5. The van der Waals surface area contributed by atoms with Gasteiger partial charge in [-0.3, -0.25) is 4.57 Å². The molecule has 0 spiro atoms. The zero-order chi connectivity index (χ0) is 30.6. The minimum atomic E-state index is -0.334. The van der Waals surface area contributed by atoms with Crippen LogP contribution in [0.4, 0.5) is 4.39 Å². The first-order valence-corrected chi connectivity index (χ1v) is 14.8. The highest BCUT2D eigenvalue weighted by Crippen LogP contribution is 2.37. The minimum absolute atomic E-state index is 0.119. The van der Waals surface area contributed by atoms with E-state index in [-0.39, 0.29) is 11.2 Å². The summed E-state index contributed by atoms with van der Waals surface area (Å²) in [7, 11) is 0. The van der Waals surface area contributed by atoms with Crippen LogP contribution in [0.5, 0.6) is 11.5 Å². The van der Waals surface area contributed by atoms with Crippen molar-refractivity contribution in [1.82, 2.24) is 19.3 Å². The van der Waals surface area contributed by atoms with Gasteiger partial charge in [0.1, 0.15) is 23.1 Å². The lowest BCUT2D eigenvalue weighted by molar-refractivity contribution is 0.478. The van der Waals surface area contributed by atoms with E-state index in [1.807, 2.05) is 51.7 Å². The molecule has 0 aliphatic carbocycles. The van der Waals surface area contributed by atoms with Crippen LogP contribution in [-0.4, -0.2) is 19.3 Å². The van der Waals surface area contributed by atoms with E-state index >= 15 is 0 Å². The zero-order valence-corrected chi connectivity index (χ0v) is 25.5. The Kier molecular flexibility index (Phi) is 6.58. The van der Waals surface area contributed by atoms with Crippen LogP contribution < -0.4 is 4.74 Å². The monoisotopic (exact) mass is 580 g/mol. The van der Waals surface area contributed by atoms with Crippen LogP contribution in [-0.2, 0) is 5.41 Å². The van der Waals surface area contributed by atoms with E-state index < -0.39 is 0 Å². The van der Waals surface area contributed by atoms with E-state index in [0.29, 0.717) is 17.3 Å². The van der Waals surface area contributed by atoms with E-state index in [1.54, 1.807) is 0 Å². The van der Waals surface area contributed by atoms with Crippen molar-refractivity contribution in [2.45, 2.75) is 40.0 Å². The lowest BCUT2D eigenvalue weighted by atomic mass is 9.86. The number of aromatic nitrogens is 4. The van der Waals surface area contributed by atoms with Crippen molar-refractivity contribution in [1.29, 1.82) is 0 Å². The Morgan fingerprint density at radius 3 is 2.25 bits per heavy atom. The molecule has 0 bridgehead atoms. The zero-order valence-electron chi connectivity index (χ0n) is 25.5. The molecule has 4 aromatic carbocycles. The number of ether oxygens (including phenoxy) is 1. The molecular weight excluding hydrogens is 547 g/mol. The summed E-state index contributed by atoms with van der Waals surface area (Å²) in [6, 6.07) is 33.7. The topological polar surface area (TPSA) is 44.9 Å². The van der Waals surface area contributed by atoms with Gasteiger partial charge in [-0.05, 0) is 66.8 Å². The van der Waals surface area contributed by atoms with Crippen molar-refractivity contribution in [2.75, 3.05) is 0 Å². The van der Waals surface area contributed by atoms with Crippen LogP contribution in [0.3, 0.4) is 0 Å². The Bertz CT molecular complexity index is 2170. The number of nitrogens with zero attached hydrogens (tertiary/aromatic N) is 4. The first kappa shape index (κ1) is 27.6. The first-order valence-electron chi connectivity index (χ1n) is 14.8. The number of para-hydroxylation sites is 1. The molecule has 44 heavy (non-hydrogen) atoms. The summed E-state index contributed by atoms with van der Waals surface area (Å²) in [4.78, 5) is 4.49. The van der Waals surface area contributed by atoms with Crippen LogP contribution >= 0.6 is 0 Å². The van der Waals surface area contributed by atoms with E-state index in [2.05, 4.69) is 88.1 Å². The maximum atomic E-state index is 14.3. The largest absolute Gasteiger partial charge is 0.457 e. The third-order valence-electron chi connectivity index (χ3n) is 8.17. The Morgan fingerprint density at radius 1 is 0.727 bits per heavy atom. The quantitative estimate of drug-likeness (QED) is 0.204. The molecule has 0 radical (unpaired) electrons. The second-order valence-electron chi connectivity index (χ2n) is 12.3. The molecule has 5 nitrogen and oxygen atoms in total. The molecular formula is C38H33FN4O. The average molecular weight is 581 g/mol. The van der Waals surface area contributed by atoms with Gasteiger partial charge in [-0.15, -0.1) is 0 Å². The second-order valence-corrected chi connectivity index (χ2v) is 12.3. The van der Waals surface area contributed by atoms with Gasteiger partial charge in [0.2, 0.25) is 0 Å². The van der Waals surface area contributed by atoms with Crippen LogP contribution in [0, 0.1) is 19.7 Å². The van der Waals surface area contributed by atoms with Crippen molar-refractivity contribution in [3.8, 4) is 34.1 Å². The molecule has 7 rings (SSSR count). The maximum absolute atomic E-state index is 14.3. The first-order chi connectivity index (χ1) is 21.2. The van der Waals surface area contributed by atoms with Gasteiger partial charge in [-0.25, -0.2) is 14.1 Å². The number of fused-ring (bicyclic) bond motifs is 3. The van der Waals surface area contributed by atoms with Gasteiger partial charge in [-0.2, -0.15) is 5.10 Å². The molecule has 3 aromatic heterocycles. The molecule has 0 saturated carbocycles. The summed E-state index contributed by atoms with van der Waals surface area (Å²) in [6.45, 7) is 10.8. The molecule has 0 atom stereocenters. The van der Waals surface area contributed by atoms with Gasteiger partial charge in [0, 0.05) is 46.4 Å². The fourth-order valence-corrected chi connectivity index (χ4v) is 6.03. The van der Waals surface area contributed by atoms with Crippen molar-refractivity contribution in [2.24, 2.45) is 0 Å². The van der Waals surface area contributed by atoms with Crippen LogP contribution in [0.15, 0.2) is 109 Å².